The number of piperidine rings is 2. The molecule has 2 aromatic rings. The van der Waals surface area contributed by atoms with E-state index in [9.17, 15) is 13.2 Å². The molecule has 1 amide bonds. The molecular weight excluding hydrogens is 408 g/mol. The molecule has 9 heteroatoms. The molecule has 4 rings (SSSR count). The number of hydrogen-bond donors (Lipinski definition) is 1. The third-order valence-electron chi connectivity index (χ3n) is 5.51. The van der Waals surface area contributed by atoms with Crippen molar-refractivity contribution in [3.8, 4) is 0 Å². The minimum absolute atomic E-state index is 0.185. The van der Waals surface area contributed by atoms with Gasteiger partial charge >= 0.3 is 0 Å². The van der Waals surface area contributed by atoms with Crippen LogP contribution in [0.25, 0.3) is 0 Å². The van der Waals surface area contributed by atoms with Crippen LogP contribution in [0.1, 0.15) is 48.9 Å². The molecule has 2 saturated heterocycles. The summed E-state index contributed by atoms with van der Waals surface area (Å²) in [6.45, 7) is 2.82. The summed E-state index contributed by atoms with van der Waals surface area (Å²) in [6.07, 6.45) is 7.76. The Balaban J connectivity index is 1.69. The predicted octanol–water partition coefficient (Wildman–Crippen LogP) is 3.56. The molecule has 0 unspecified atom stereocenters. The van der Waals surface area contributed by atoms with Crippen LogP contribution in [0.5, 0.6) is 0 Å². The van der Waals surface area contributed by atoms with Crippen molar-refractivity contribution in [2.24, 2.45) is 0 Å². The molecule has 156 valence electrons. The Morgan fingerprint density at radius 3 is 2.34 bits per heavy atom. The highest BCUT2D eigenvalue weighted by molar-refractivity contribution is 7.89. The van der Waals surface area contributed by atoms with Gasteiger partial charge in [-0.05, 0) is 50.3 Å². The Morgan fingerprint density at radius 2 is 1.69 bits per heavy atom. The Kier molecular flexibility index (Phi) is 6.17. The fourth-order valence-corrected chi connectivity index (χ4v) is 6.04. The van der Waals surface area contributed by atoms with Crippen molar-refractivity contribution in [2.75, 3.05) is 36.4 Å². The van der Waals surface area contributed by atoms with Gasteiger partial charge in [0.15, 0.2) is 5.13 Å². The molecule has 7 nitrogen and oxygen atoms in total. The van der Waals surface area contributed by atoms with Crippen LogP contribution >= 0.6 is 11.3 Å². The van der Waals surface area contributed by atoms with Crippen molar-refractivity contribution < 1.29 is 13.2 Å². The first-order chi connectivity index (χ1) is 14.1. The lowest BCUT2D eigenvalue weighted by molar-refractivity contribution is 0.102. The lowest BCUT2D eigenvalue weighted by Crippen LogP contribution is -2.36. The highest BCUT2D eigenvalue weighted by Crippen LogP contribution is 2.30. The number of nitrogens with one attached hydrogen (secondary N) is 1. The van der Waals surface area contributed by atoms with Gasteiger partial charge in [-0.25, -0.2) is 13.4 Å². The molecule has 1 aromatic heterocycles. The summed E-state index contributed by atoms with van der Waals surface area (Å²) in [4.78, 5) is 19.5. The summed E-state index contributed by atoms with van der Waals surface area (Å²) < 4.78 is 27.8. The number of thiazole rings is 1. The molecule has 1 aromatic carbocycles. The number of amides is 1. The molecule has 2 aliphatic heterocycles. The smallest absolute Gasteiger partial charge is 0.259 e. The van der Waals surface area contributed by atoms with Crippen LogP contribution in [0.15, 0.2) is 34.7 Å². The molecule has 3 heterocycles. The van der Waals surface area contributed by atoms with E-state index in [2.05, 4.69) is 15.2 Å². The normalized spacial score (nSPS) is 18.6. The zero-order chi connectivity index (χ0) is 20.3. The van der Waals surface area contributed by atoms with Crippen molar-refractivity contribution in [1.29, 1.82) is 0 Å². The number of carbonyl (C=O) groups is 1. The Bertz CT molecular complexity index is 948. The van der Waals surface area contributed by atoms with Gasteiger partial charge in [0.2, 0.25) is 10.0 Å². The van der Waals surface area contributed by atoms with Gasteiger partial charge in [-0.1, -0.05) is 6.42 Å². The molecule has 0 atom stereocenters. The van der Waals surface area contributed by atoms with E-state index in [1.807, 2.05) is 0 Å². The van der Waals surface area contributed by atoms with Gasteiger partial charge in [0.05, 0.1) is 10.5 Å². The second-order valence-electron chi connectivity index (χ2n) is 7.48. The van der Waals surface area contributed by atoms with Gasteiger partial charge in [0.1, 0.15) is 0 Å². The lowest BCUT2D eigenvalue weighted by atomic mass is 10.1. The van der Waals surface area contributed by atoms with Crippen LogP contribution in [-0.2, 0) is 10.0 Å². The zero-order valence-electron chi connectivity index (χ0n) is 16.3. The Labute approximate surface area is 175 Å². The van der Waals surface area contributed by atoms with Crippen LogP contribution < -0.4 is 10.2 Å². The second kappa shape index (κ2) is 8.81. The summed E-state index contributed by atoms with van der Waals surface area (Å²) in [5.74, 6) is -0.323. The first-order valence-corrected chi connectivity index (χ1v) is 12.5. The average molecular weight is 435 g/mol. The third kappa shape index (κ3) is 4.46. The van der Waals surface area contributed by atoms with E-state index in [4.69, 9.17) is 0 Å². The van der Waals surface area contributed by atoms with Gasteiger partial charge in [-0.15, -0.1) is 11.3 Å². The first kappa shape index (κ1) is 20.3. The minimum Gasteiger partial charge on any atom is -0.371 e. The third-order valence-corrected chi connectivity index (χ3v) is 8.10. The van der Waals surface area contributed by atoms with Crippen LogP contribution in [0.4, 0.5) is 10.8 Å². The number of sulfonamides is 1. The maximum atomic E-state index is 13.1. The van der Waals surface area contributed by atoms with Crippen LogP contribution in [0.2, 0.25) is 0 Å². The van der Waals surface area contributed by atoms with Crippen molar-refractivity contribution in [3.63, 3.8) is 0 Å². The van der Waals surface area contributed by atoms with Gasteiger partial charge in [0, 0.05) is 43.4 Å². The topological polar surface area (TPSA) is 82.6 Å². The maximum absolute atomic E-state index is 13.1. The van der Waals surface area contributed by atoms with Gasteiger partial charge < -0.3 is 4.90 Å². The lowest BCUT2D eigenvalue weighted by Gasteiger charge is -2.31. The van der Waals surface area contributed by atoms with E-state index in [1.54, 1.807) is 23.7 Å². The number of nitrogens with zero attached hydrogens (tertiary/aromatic N) is 3. The largest absolute Gasteiger partial charge is 0.371 e. The summed E-state index contributed by atoms with van der Waals surface area (Å²) >= 11 is 1.34. The standard InChI is InChI=1S/C20H26N4O3S2/c25-19(22-20-21-9-14-28-20)17-15-16(29(26,27)24-12-5-2-6-13-24)7-8-18(17)23-10-3-1-4-11-23/h7-9,14-15H,1-6,10-13H2,(H,21,22,25). The Hall–Kier alpha value is -1.97. The summed E-state index contributed by atoms with van der Waals surface area (Å²) in [6, 6.07) is 4.98. The number of rotatable bonds is 5. The zero-order valence-corrected chi connectivity index (χ0v) is 18.0. The van der Waals surface area contributed by atoms with Crippen molar-refractivity contribution in [3.05, 3.63) is 35.3 Å². The van der Waals surface area contributed by atoms with Gasteiger partial charge in [0.25, 0.3) is 5.91 Å². The van der Waals surface area contributed by atoms with Crippen molar-refractivity contribution >= 4 is 38.1 Å². The number of anilines is 2. The minimum atomic E-state index is -3.61. The predicted molar refractivity (Wildman–Crippen MR) is 115 cm³/mol. The molecular formula is C20H26N4O3S2. The monoisotopic (exact) mass is 434 g/mol. The van der Waals surface area contributed by atoms with E-state index in [0.29, 0.717) is 23.8 Å². The van der Waals surface area contributed by atoms with Crippen LogP contribution in [0.3, 0.4) is 0 Å². The van der Waals surface area contributed by atoms with Crippen LogP contribution in [-0.4, -0.2) is 49.8 Å². The van der Waals surface area contributed by atoms with Crippen molar-refractivity contribution in [1.82, 2.24) is 9.29 Å². The number of aromatic nitrogens is 1. The van der Waals surface area contributed by atoms with E-state index < -0.39 is 10.0 Å². The number of benzene rings is 1. The molecule has 2 fully saturated rings. The summed E-state index contributed by atoms with van der Waals surface area (Å²) in [5.41, 5.74) is 1.18. The molecule has 0 saturated carbocycles. The van der Waals surface area contributed by atoms with Crippen molar-refractivity contribution in [2.45, 2.75) is 43.4 Å². The first-order valence-electron chi connectivity index (χ1n) is 10.2. The van der Waals surface area contributed by atoms with E-state index in [0.717, 1.165) is 50.9 Å². The van der Waals surface area contributed by atoms with E-state index in [-0.39, 0.29) is 10.8 Å². The van der Waals surface area contributed by atoms with E-state index >= 15 is 0 Å². The molecule has 1 N–H and O–H groups in total. The SMILES string of the molecule is O=C(Nc1nccs1)c1cc(S(=O)(=O)N2CCCCC2)ccc1N1CCCCC1. The molecule has 29 heavy (non-hydrogen) atoms. The van der Waals surface area contributed by atoms with Crippen LogP contribution in [0, 0.1) is 0 Å². The molecule has 0 spiro atoms. The van der Waals surface area contributed by atoms with E-state index in [1.165, 1.54) is 28.1 Å². The number of carbonyl (C=O) groups excluding carboxylic acids is 1. The summed E-state index contributed by atoms with van der Waals surface area (Å²) in [7, 11) is -3.61. The molecule has 0 aliphatic carbocycles. The maximum Gasteiger partial charge on any atom is 0.259 e. The van der Waals surface area contributed by atoms with Gasteiger partial charge in [-0.2, -0.15) is 4.31 Å². The second-order valence-corrected chi connectivity index (χ2v) is 10.3. The fourth-order valence-electron chi connectivity index (χ4n) is 3.97. The molecule has 0 bridgehead atoms. The van der Waals surface area contributed by atoms with Gasteiger partial charge in [-0.3, -0.25) is 10.1 Å². The average Bonchev–Trinajstić information content (AvgIpc) is 3.27. The Morgan fingerprint density at radius 1 is 1.00 bits per heavy atom. The number of hydrogen-bond acceptors (Lipinski definition) is 6. The fraction of sp³-hybridized carbons (Fsp3) is 0.500. The summed E-state index contributed by atoms with van der Waals surface area (Å²) in [5, 5.41) is 5.10. The highest BCUT2D eigenvalue weighted by Gasteiger charge is 2.28. The quantitative estimate of drug-likeness (QED) is 0.778. The molecule has 0 radical (unpaired) electrons. The highest BCUT2D eigenvalue weighted by atomic mass is 32.2. The molecule has 2 aliphatic rings.